The summed E-state index contributed by atoms with van der Waals surface area (Å²) in [6.45, 7) is 4.63. The quantitative estimate of drug-likeness (QED) is 0.868. The second-order valence-electron chi connectivity index (χ2n) is 5.78. The average Bonchev–Trinajstić information content (AvgIpc) is 2.62. The molecule has 1 aliphatic heterocycles. The molecule has 0 atom stereocenters. The number of hydrogen-bond donors (Lipinski definition) is 0. The van der Waals surface area contributed by atoms with Crippen LogP contribution in [0.3, 0.4) is 0 Å². The van der Waals surface area contributed by atoms with Crippen LogP contribution in [-0.2, 0) is 6.42 Å². The molecule has 0 spiro atoms. The Labute approximate surface area is 136 Å². The minimum absolute atomic E-state index is 0.0563. The van der Waals surface area contributed by atoms with Crippen LogP contribution in [0.5, 0.6) is 0 Å². The number of carbonyl (C=O) groups excluding carboxylic acids is 1. The van der Waals surface area contributed by atoms with Crippen LogP contribution in [0.4, 0.5) is 10.1 Å². The van der Waals surface area contributed by atoms with Crippen LogP contribution in [0.15, 0.2) is 48.5 Å². The van der Waals surface area contributed by atoms with Gasteiger partial charge in [0.1, 0.15) is 5.82 Å². The van der Waals surface area contributed by atoms with Gasteiger partial charge in [-0.2, -0.15) is 0 Å². The fraction of sp³-hybridized carbons (Fsp3) is 0.316. The Hall–Kier alpha value is -2.36. The highest BCUT2D eigenvalue weighted by Crippen LogP contribution is 2.20. The summed E-state index contributed by atoms with van der Waals surface area (Å²) in [4.78, 5) is 16.4. The van der Waals surface area contributed by atoms with Gasteiger partial charge in [-0.15, -0.1) is 0 Å². The normalized spacial score (nSPS) is 14.9. The molecule has 1 fully saturated rings. The average molecular weight is 312 g/mol. The van der Waals surface area contributed by atoms with E-state index in [0.29, 0.717) is 31.9 Å². The third-order valence-corrected chi connectivity index (χ3v) is 4.37. The highest BCUT2D eigenvalue weighted by Gasteiger charge is 2.23. The Morgan fingerprint density at radius 3 is 2.26 bits per heavy atom. The first-order valence-corrected chi connectivity index (χ1v) is 8.06. The molecule has 3 rings (SSSR count). The number of carbonyl (C=O) groups is 1. The maximum atomic E-state index is 13.8. The number of rotatable bonds is 3. The van der Waals surface area contributed by atoms with Gasteiger partial charge in [0.05, 0.1) is 5.69 Å². The van der Waals surface area contributed by atoms with Gasteiger partial charge in [-0.3, -0.25) is 4.79 Å². The Morgan fingerprint density at radius 1 is 1.00 bits per heavy atom. The molecule has 23 heavy (non-hydrogen) atoms. The van der Waals surface area contributed by atoms with E-state index in [-0.39, 0.29) is 11.7 Å². The molecule has 120 valence electrons. The molecule has 0 radical (unpaired) electrons. The van der Waals surface area contributed by atoms with Crippen LogP contribution in [0, 0.1) is 5.82 Å². The van der Waals surface area contributed by atoms with Crippen molar-refractivity contribution in [2.45, 2.75) is 13.3 Å². The third kappa shape index (κ3) is 3.36. The fourth-order valence-electron chi connectivity index (χ4n) is 2.92. The monoisotopic (exact) mass is 312 g/mol. The van der Waals surface area contributed by atoms with E-state index in [4.69, 9.17) is 0 Å². The molecular weight excluding hydrogens is 291 g/mol. The summed E-state index contributed by atoms with van der Waals surface area (Å²) in [6, 6.07) is 14.6. The predicted molar refractivity (Wildman–Crippen MR) is 90.3 cm³/mol. The molecular formula is C19H21FN2O. The number of amides is 1. The Balaban J connectivity index is 1.64. The van der Waals surface area contributed by atoms with Crippen molar-refractivity contribution in [3.63, 3.8) is 0 Å². The lowest BCUT2D eigenvalue weighted by Gasteiger charge is -2.36. The SMILES string of the molecule is CCc1ccc(C(=O)N2CCN(c3ccccc3F)CC2)cc1. The molecule has 2 aromatic carbocycles. The highest BCUT2D eigenvalue weighted by atomic mass is 19.1. The Morgan fingerprint density at radius 2 is 1.65 bits per heavy atom. The number of anilines is 1. The van der Waals surface area contributed by atoms with Gasteiger partial charge in [0.25, 0.3) is 5.91 Å². The standard InChI is InChI=1S/C19H21FN2O/c1-2-15-7-9-16(10-8-15)19(23)22-13-11-21(12-14-22)18-6-4-3-5-17(18)20/h3-10H,2,11-14H2,1H3. The summed E-state index contributed by atoms with van der Waals surface area (Å²) in [5.41, 5.74) is 2.57. The van der Waals surface area contributed by atoms with E-state index in [1.807, 2.05) is 40.1 Å². The molecule has 2 aromatic rings. The Kier molecular flexibility index (Phi) is 4.60. The number of piperazine rings is 1. The summed E-state index contributed by atoms with van der Waals surface area (Å²) in [5.74, 6) is -0.150. The van der Waals surface area contributed by atoms with E-state index >= 15 is 0 Å². The molecule has 0 aromatic heterocycles. The number of aryl methyl sites for hydroxylation is 1. The van der Waals surface area contributed by atoms with Crippen LogP contribution in [-0.4, -0.2) is 37.0 Å². The Bertz CT molecular complexity index is 676. The molecule has 4 heteroatoms. The fourth-order valence-corrected chi connectivity index (χ4v) is 2.92. The van der Waals surface area contributed by atoms with Crippen molar-refractivity contribution in [3.8, 4) is 0 Å². The van der Waals surface area contributed by atoms with E-state index in [0.717, 1.165) is 12.0 Å². The second-order valence-corrected chi connectivity index (χ2v) is 5.78. The maximum Gasteiger partial charge on any atom is 0.253 e. The third-order valence-electron chi connectivity index (χ3n) is 4.37. The topological polar surface area (TPSA) is 23.6 Å². The van der Waals surface area contributed by atoms with Crippen LogP contribution in [0.2, 0.25) is 0 Å². The molecule has 0 bridgehead atoms. The van der Waals surface area contributed by atoms with Gasteiger partial charge < -0.3 is 9.80 Å². The number of halogens is 1. The predicted octanol–water partition coefficient (Wildman–Crippen LogP) is 3.35. The minimum Gasteiger partial charge on any atom is -0.366 e. The summed E-state index contributed by atoms with van der Waals surface area (Å²) in [6.07, 6.45) is 0.968. The molecule has 0 N–H and O–H groups in total. The smallest absolute Gasteiger partial charge is 0.253 e. The summed E-state index contributed by atoms with van der Waals surface area (Å²) in [5, 5.41) is 0. The van der Waals surface area contributed by atoms with E-state index in [1.54, 1.807) is 12.1 Å². The van der Waals surface area contributed by atoms with Crippen molar-refractivity contribution in [3.05, 3.63) is 65.5 Å². The number of hydrogen-bond acceptors (Lipinski definition) is 2. The highest BCUT2D eigenvalue weighted by molar-refractivity contribution is 5.94. The van der Waals surface area contributed by atoms with Crippen LogP contribution in [0.25, 0.3) is 0 Å². The van der Waals surface area contributed by atoms with Crippen LogP contribution >= 0.6 is 0 Å². The van der Waals surface area contributed by atoms with Gasteiger partial charge in [-0.25, -0.2) is 4.39 Å². The molecule has 1 saturated heterocycles. The lowest BCUT2D eigenvalue weighted by molar-refractivity contribution is 0.0746. The van der Waals surface area contributed by atoms with Crippen molar-refractivity contribution in [2.75, 3.05) is 31.1 Å². The molecule has 3 nitrogen and oxygen atoms in total. The zero-order valence-corrected chi connectivity index (χ0v) is 13.3. The summed E-state index contributed by atoms with van der Waals surface area (Å²) >= 11 is 0. The van der Waals surface area contributed by atoms with Gasteiger partial charge in [-0.05, 0) is 36.2 Å². The van der Waals surface area contributed by atoms with Crippen molar-refractivity contribution in [2.24, 2.45) is 0 Å². The van der Waals surface area contributed by atoms with Gasteiger partial charge in [-0.1, -0.05) is 31.2 Å². The van der Waals surface area contributed by atoms with E-state index in [1.165, 1.54) is 11.6 Å². The molecule has 0 aliphatic carbocycles. The molecule has 1 heterocycles. The van der Waals surface area contributed by atoms with Crippen molar-refractivity contribution in [1.82, 2.24) is 4.90 Å². The first-order valence-electron chi connectivity index (χ1n) is 8.06. The number of para-hydroxylation sites is 1. The van der Waals surface area contributed by atoms with Crippen LogP contribution in [0.1, 0.15) is 22.8 Å². The minimum atomic E-state index is -0.206. The lowest BCUT2D eigenvalue weighted by atomic mass is 10.1. The zero-order chi connectivity index (χ0) is 16.2. The van der Waals surface area contributed by atoms with Gasteiger partial charge >= 0.3 is 0 Å². The van der Waals surface area contributed by atoms with Crippen molar-refractivity contribution >= 4 is 11.6 Å². The number of nitrogens with zero attached hydrogens (tertiary/aromatic N) is 2. The first-order chi connectivity index (χ1) is 11.2. The summed E-state index contributed by atoms with van der Waals surface area (Å²) in [7, 11) is 0. The second kappa shape index (κ2) is 6.82. The first kappa shape index (κ1) is 15.5. The van der Waals surface area contributed by atoms with E-state index in [2.05, 4.69) is 6.92 Å². The van der Waals surface area contributed by atoms with Gasteiger partial charge in [0.2, 0.25) is 0 Å². The zero-order valence-electron chi connectivity index (χ0n) is 13.3. The molecule has 1 amide bonds. The number of benzene rings is 2. The van der Waals surface area contributed by atoms with Crippen molar-refractivity contribution in [1.29, 1.82) is 0 Å². The van der Waals surface area contributed by atoms with Gasteiger partial charge in [0, 0.05) is 31.7 Å². The van der Waals surface area contributed by atoms with E-state index < -0.39 is 0 Å². The largest absolute Gasteiger partial charge is 0.366 e. The van der Waals surface area contributed by atoms with Crippen molar-refractivity contribution < 1.29 is 9.18 Å². The van der Waals surface area contributed by atoms with E-state index in [9.17, 15) is 9.18 Å². The summed E-state index contributed by atoms with van der Waals surface area (Å²) < 4.78 is 13.8. The molecule has 0 unspecified atom stereocenters. The van der Waals surface area contributed by atoms with Gasteiger partial charge in [0.15, 0.2) is 0 Å². The lowest BCUT2D eigenvalue weighted by Crippen LogP contribution is -2.49. The molecule has 0 saturated carbocycles. The maximum absolute atomic E-state index is 13.8. The van der Waals surface area contributed by atoms with Crippen LogP contribution < -0.4 is 4.90 Å². The molecule has 1 aliphatic rings.